The molecule has 0 aliphatic heterocycles. The molecule has 0 unspecified atom stereocenters. The van der Waals surface area contributed by atoms with E-state index in [-0.39, 0.29) is 17.9 Å². The minimum Gasteiger partial charge on any atom is -0.542 e. The molecule has 0 saturated carbocycles. The van der Waals surface area contributed by atoms with E-state index in [4.69, 9.17) is 33.1 Å². The van der Waals surface area contributed by atoms with Gasteiger partial charge in [0.1, 0.15) is 5.97 Å². The molecule has 0 aliphatic carbocycles. The first-order chi connectivity index (χ1) is 16.0. The number of aliphatic carboxylic acids is 1. The summed E-state index contributed by atoms with van der Waals surface area (Å²) in [7, 11) is 0. The van der Waals surface area contributed by atoms with Gasteiger partial charge in [0.15, 0.2) is 18.1 Å². The fourth-order valence-corrected chi connectivity index (χ4v) is 3.25. The van der Waals surface area contributed by atoms with Crippen LogP contribution in [0.4, 0.5) is 13.2 Å². The van der Waals surface area contributed by atoms with Crippen LogP contribution in [0.15, 0.2) is 67.1 Å². The van der Waals surface area contributed by atoms with Crippen molar-refractivity contribution in [1.29, 1.82) is 0 Å². The molecule has 1 aromatic heterocycles. The number of halogens is 5. The molecule has 0 bridgehead atoms. The first-order valence-electron chi connectivity index (χ1n) is 9.88. The van der Waals surface area contributed by atoms with E-state index < -0.39 is 12.1 Å². The molecule has 1 heterocycles. The number of carboxylic acid groups (broad SMARTS) is 1. The van der Waals surface area contributed by atoms with Crippen molar-refractivity contribution < 1.29 is 32.9 Å². The van der Waals surface area contributed by atoms with Gasteiger partial charge >= 0.3 is 6.18 Å². The molecule has 1 amide bonds. The van der Waals surface area contributed by atoms with Gasteiger partial charge in [0.2, 0.25) is 0 Å². The molecule has 3 rings (SSSR count). The molecule has 0 saturated heterocycles. The Hall–Kier alpha value is -3.17. The molecule has 2 aromatic carbocycles. The van der Waals surface area contributed by atoms with Gasteiger partial charge in [0.05, 0.1) is 6.20 Å². The van der Waals surface area contributed by atoms with Crippen LogP contribution < -0.4 is 15.4 Å². The Bertz CT molecular complexity index is 1080. The number of aromatic amines is 1. The minimum atomic E-state index is -5.19. The van der Waals surface area contributed by atoms with Crippen LogP contribution in [0.2, 0.25) is 10.0 Å². The van der Waals surface area contributed by atoms with Gasteiger partial charge in [-0.05, 0) is 48.7 Å². The van der Waals surface area contributed by atoms with Crippen molar-refractivity contribution >= 4 is 35.1 Å². The third kappa shape index (κ3) is 8.64. The number of hydrogen-bond acceptors (Lipinski definition) is 4. The van der Waals surface area contributed by atoms with Crippen LogP contribution in [0.3, 0.4) is 0 Å². The summed E-state index contributed by atoms with van der Waals surface area (Å²) in [4.78, 5) is 28.3. The molecule has 0 fully saturated rings. The average molecular weight is 514 g/mol. The van der Waals surface area contributed by atoms with Crippen LogP contribution >= 0.6 is 23.2 Å². The molecule has 0 spiro atoms. The van der Waals surface area contributed by atoms with E-state index in [9.17, 15) is 18.0 Å². The fraction of sp³-hybridized carbons (Fsp3) is 0.217. The smallest absolute Gasteiger partial charge is 0.430 e. The van der Waals surface area contributed by atoms with Gasteiger partial charge in [0, 0.05) is 22.0 Å². The third-order valence-corrected chi connectivity index (χ3v) is 5.20. The maximum Gasteiger partial charge on any atom is 0.430 e. The Balaban J connectivity index is 0.000000509. The first kappa shape index (κ1) is 27.1. The van der Waals surface area contributed by atoms with E-state index in [0.717, 1.165) is 17.5 Å². The monoisotopic (exact) mass is 513 g/mol. The van der Waals surface area contributed by atoms with Crippen LogP contribution in [0.5, 0.6) is 0 Å². The topological polar surface area (TPSA) is 96.3 Å². The molecule has 11 heteroatoms. The molecule has 0 aliphatic rings. The molecular formula is C23H20Cl2F3N3O3. The number of rotatable bonds is 6. The summed E-state index contributed by atoms with van der Waals surface area (Å²) in [6.07, 6.45) is 0.369. The van der Waals surface area contributed by atoms with Crippen molar-refractivity contribution in [3.05, 3.63) is 94.0 Å². The molecule has 2 atom stereocenters. The second-order valence-electron chi connectivity index (χ2n) is 7.18. The predicted octanol–water partition coefficient (Wildman–Crippen LogP) is 3.65. The lowest BCUT2D eigenvalue weighted by Gasteiger charge is -2.25. The Morgan fingerprint density at radius 2 is 1.59 bits per heavy atom. The highest BCUT2D eigenvalue weighted by molar-refractivity contribution is 6.30. The Kier molecular flexibility index (Phi) is 9.83. The molecule has 6 nitrogen and oxygen atoms in total. The molecule has 180 valence electrons. The van der Waals surface area contributed by atoms with Gasteiger partial charge in [0.25, 0.3) is 5.91 Å². The quantitative estimate of drug-likeness (QED) is 0.544. The van der Waals surface area contributed by atoms with Gasteiger partial charge in [-0.2, -0.15) is 13.2 Å². The van der Waals surface area contributed by atoms with Gasteiger partial charge < -0.3 is 15.2 Å². The van der Waals surface area contributed by atoms with Crippen LogP contribution in [-0.4, -0.2) is 29.1 Å². The van der Waals surface area contributed by atoms with Crippen molar-refractivity contribution in [3.8, 4) is 0 Å². The number of carbonyl (C=O) groups is 2. The van der Waals surface area contributed by atoms with Gasteiger partial charge in [-0.25, -0.2) is 9.97 Å². The number of alkyl halides is 3. The van der Waals surface area contributed by atoms with E-state index >= 15 is 0 Å². The van der Waals surface area contributed by atoms with Crippen molar-refractivity contribution in [3.63, 3.8) is 0 Å². The van der Waals surface area contributed by atoms with E-state index in [2.05, 4.69) is 15.3 Å². The highest BCUT2D eigenvalue weighted by Crippen LogP contribution is 2.27. The van der Waals surface area contributed by atoms with Crippen molar-refractivity contribution in [2.75, 3.05) is 0 Å². The summed E-state index contributed by atoms with van der Waals surface area (Å²) in [6.45, 7) is 2.00. The third-order valence-electron chi connectivity index (χ3n) is 4.70. The Morgan fingerprint density at radius 3 is 2.06 bits per heavy atom. The van der Waals surface area contributed by atoms with Gasteiger partial charge in [-0.15, -0.1) is 0 Å². The minimum absolute atomic E-state index is 0.0695. The normalized spacial score (nSPS) is 12.6. The maximum atomic E-state index is 12.5. The van der Waals surface area contributed by atoms with Crippen LogP contribution in [0.1, 0.15) is 34.5 Å². The Labute approximate surface area is 203 Å². The number of H-pyrrole nitrogens is 1. The first-order valence-corrected chi connectivity index (χ1v) is 10.6. The van der Waals surface area contributed by atoms with Crippen LogP contribution in [0, 0.1) is 0 Å². The number of carbonyl (C=O) groups excluding carboxylic acids is 2. The van der Waals surface area contributed by atoms with Crippen molar-refractivity contribution in [1.82, 2.24) is 10.3 Å². The maximum absolute atomic E-state index is 12.5. The number of benzene rings is 2. The van der Waals surface area contributed by atoms with Gasteiger partial charge in [-0.3, -0.25) is 4.79 Å². The molecular weight excluding hydrogens is 494 g/mol. The zero-order chi connectivity index (χ0) is 25.3. The van der Waals surface area contributed by atoms with E-state index in [1.165, 1.54) is 0 Å². The second kappa shape index (κ2) is 12.3. The van der Waals surface area contributed by atoms with E-state index in [1.807, 2.05) is 55.5 Å². The average Bonchev–Trinajstić information content (AvgIpc) is 2.79. The SMILES string of the molecule is C[C@@H](NC(=O)c1c[nH+]ccn1)[C@H](Cc1ccc(Cl)cc1)c1ccc(Cl)cc1.O=C([O-])C(F)(F)F. The van der Waals surface area contributed by atoms with E-state index in [0.29, 0.717) is 15.7 Å². The fourth-order valence-electron chi connectivity index (χ4n) is 3.00. The number of hydrogen-bond donors (Lipinski definition) is 1. The molecule has 0 radical (unpaired) electrons. The summed E-state index contributed by atoms with van der Waals surface area (Å²) in [5.74, 6) is -3.15. The largest absolute Gasteiger partial charge is 0.542 e. The summed E-state index contributed by atoms with van der Waals surface area (Å²) >= 11 is 12.0. The summed E-state index contributed by atoms with van der Waals surface area (Å²) in [5, 5.41) is 13.2. The molecule has 2 N–H and O–H groups in total. The van der Waals surface area contributed by atoms with Crippen molar-refractivity contribution in [2.24, 2.45) is 0 Å². The Morgan fingerprint density at radius 1 is 1.06 bits per heavy atom. The summed E-state index contributed by atoms with van der Waals surface area (Å²) in [6, 6.07) is 15.4. The summed E-state index contributed by atoms with van der Waals surface area (Å²) < 4.78 is 31.5. The standard InChI is InChI=1S/C21H19Cl2N3O.C2HF3O2/c1-14(26-21(27)20-13-24-10-11-25-20)19(16-4-8-18(23)9-5-16)12-15-2-6-17(22)7-3-15;3-2(4,5)1(6)7/h2-11,13-14,19H,12H2,1H3,(H,26,27);(H,6,7)/t14-,19+;/m1./s1. The second-order valence-corrected chi connectivity index (χ2v) is 8.05. The number of aromatic nitrogens is 2. The highest BCUT2D eigenvalue weighted by atomic mass is 35.5. The van der Waals surface area contributed by atoms with Crippen molar-refractivity contribution in [2.45, 2.75) is 31.5 Å². The number of amides is 1. The number of nitrogens with one attached hydrogen (secondary N) is 2. The molecule has 3 aromatic rings. The van der Waals surface area contributed by atoms with E-state index in [1.54, 1.807) is 18.6 Å². The zero-order valence-electron chi connectivity index (χ0n) is 17.8. The lowest BCUT2D eigenvalue weighted by molar-refractivity contribution is -0.379. The number of carboxylic acids is 1. The predicted molar refractivity (Wildman–Crippen MR) is 118 cm³/mol. The lowest BCUT2D eigenvalue weighted by atomic mass is 9.86. The van der Waals surface area contributed by atoms with Gasteiger partial charge in [-0.1, -0.05) is 47.5 Å². The van der Waals surface area contributed by atoms with Crippen LogP contribution in [0.25, 0.3) is 0 Å². The zero-order valence-corrected chi connectivity index (χ0v) is 19.3. The molecule has 34 heavy (non-hydrogen) atoms. The summed E-state index contributed by atoms with van der Waals surface area (Å²) in [5.41, 5.74) is 2.60. The highest BCUT2D eigenvalue weighted by Gasteiger charge is 2.28. The number of nitrogens with zero attached hydrogens (tertiary/aromatic N) is 1. The van der Waals surface area contributed by atoms with Crippen LogP contribution in [-0.2, 0) is 11.2 Å². The lowest BCUT2D eigenvalue weighted by Crippen LogP contribution is -2.38.